The lowest BCUT2D eigenvalue weighted by molar-refractivity contribution is -0.123. The van der Waals surface area contributed by atoms with E-state index in [0.717, 1.165) is 0 Å². The Labute approximate surface area is 121 Å². The van der Waals surface area contributed by atoms with E-state index in [-0.39, 0.29) is 18.6 Å². The first-order chi connectivity index (χ1) is 9.61. The molecule has 1 amide bonds. The maximum absolute atomic E-state index is 11.6. The molecule has 0 bridgehead atoms. The maximum Gasteiger partial charge on any atom is 0.236 e. The summed E-state index contributed by atoms with van der Waals surface area (Å²) in [5.74, 6) is -0.119. The number of amides is 1. The average Bonchev–Trinajstić information content (AvgIpc) is 2.44. The van der Waals surface area contributed by atoms with Crippen LogP contribution in [0.4, 0.5) is 0 Å². The highest BCUT2D eigenvalue weighted by atomic mass is 16.5. The van der Waals surface area contributed by atoms with Gasteiger partial charge in [-0.2, -0.15) is 0 Å². The Morgan fingerprint density at radius 3 is 2.60 bits per heavy atom. The van der Waals surface area contributed by atoms with Crippen molar-refractivity contribution in [2.24, 2.45) is 0 Å². The number of aliphatic hydroxyl groups is 1. The van der Waals surface area contributed by atoms with Gasteiger partial charge in [-0.3, -0.25) is 4.79 Å². The van der Waals surface area contributed by atoms with Gasteiger partial charge < -0.3 is 30.0 Å². The van der Waals surface area contributed by atoms with Gasteiger partial charge in [-0.25, -0.2) is 0 Å². The maximum atomic E-state index is 11.6. The summed E-state index contributed by atoms with van der Waals surface area (Å²) in [6.45, 7) is 6.77. The van der Waals surface area contributed by atoms with E-state index in [1.807, 2.05) is 6.92 Å². The first kappa shape index (κ1) is 19.3. The zero-order valence-corrected chi connectivity index (χ0v) is 12.7. The third-order valence-corrected chi connectivity index (χ3v) is 2.54. The molecule has 0 heterocycles. The van der Waals surface area contributed by atoms with Crippen LogP contribution in [0.1, 0.15) is 13.8 Å². The van der Waals surface area contributed by atoms with E-state index in [0.29, 0.717) is 39.5 Å². The first-order valence-electron chi connectivity index (χ1n) is 6.95. The van der Waals surface area contributed by atoms with Gasteiger partial charge in [0.1, 0.15) is 0 Å². The van der Waals surface area contributed by atoms with Gasteiger partial charge in [0.15, 0.2) is 0 Å². The van der Waals surface area contributed by atoms with E-state index in [4.69, 9.17) is 14.2 Å². The minimum Gasteiger partial charge on any atom is -0.389 e. The number of aliphatic hydroxyl groups excluding tert-OH is 1. The Kier molecular flexibility index (Phi) is 12.8. The Morgan fingerprint density at radius 2 is 1.95 bits per heavy atom. The Morgan fingerprint density at radius 1 is 1.25 bits per heavy atom. The minimum atomic E-state index is -0.647. The first-order valence-corrected chi connectivity index (χ1v) is 6.95. The van der Waals surface area contributed by atoms with Crippen molar-refractivity contribution in [3.63, 3.8) is 0 Å². The molecule has 7 heteroatoms. The third-order valence-electron chi connectivity index (χ3n) is 2.54. The fraction of sp³-hybridized carbons (Fsp3) is 0.923. The second-order valence-electron chi connectivity index (χ2n) is 4.34. The van der Waals surface area contributed by atoms with Crippen molar-refractivity contribution >= 4 is 5.91 Å². The summed E-state index contributed by atoms with van der Waals surface area (Å²) >= 11 is 0. The highest BCUT2D eigenvalue weighted by molar-refractivity contribution is 5.81. The molecule has 0 aromatic rings. The second-order valence-corrected chi connectivity index (χ2v) is 4.34. The number of methoxy groups -OCH3 is 1. The van der Waals surface area contributed by atoms with Gasteiger partial charge in [-0.05, 0) is 13.8 Å². The molecule has 2 atom stereocenters. The Hall–Kier alpha value is -0.730. The van der Waals surface area contributed by atoms with E-state index in [1.54, 1.807) is 14.0 Å². The summed E-state index contributed by atoms with van der Waals surface area (Å²) in [6, 6.07) is -0.370. The molecule has 0 aliphatic rings. The molecule has 2 unspecified atom stereocenters. The summed E-state index contributed by atoms with van der Waals surface area (Å²) in [5.41, 5.74) is 0. The van der Waals surface area contributed by atoms with Crippen LogP contribution in [0.3, 0.4) is 0 Å². The van der Waals surface area contributed by atoms with Crippen LogP contribution >= 0.6 is 0 Å². The van der Waals surface area contributed by atoms with Gasteiger partial charge in [0.2, 0.25) is 5.91 Å². The molecule has 0 aromatic heterocycles. The molecule has 7 nitrogen and oxygen atoms in total. The van der Waals surface area contributed by atoms with Crippen LogP contribution < -0.4 is 10.6 Å². The molecule has 3 N–H and O–H groups in total. The van der Waals surface area contributed by atoms with E-state index < -0.39 is 6.10 Å². The fourth-order valence-electron chi connectivity index (χ4n) is 1.38. The molecule has 0 rings (SSSR count). The molecule has 0 saturated carbocycles. The summed E-state index contributed by atoms with van der Waals surface area (Å²) in [7, 11) is 1.58. The van der Waals surface area contributed by atoms with Gasteiger partial charge in [0.05, 0.1) is 38.6 Å². The number of nitrogens with one attached hydrogen (secondary N) is 2. The van der Waals surface area contributed by atoms with Gasteiger partial charge in [-0.1, -0.05) is 0 Å². The summed E-state index contributed by atoms with van der Waals surface area (Å²) < 4.78 is 15.2. The van der Waals surface area contributed by atoms with Crippen LogP contribution in [0.15, 0.2) is 0 Å². The van der Waals surface area contributed by atoms with E-state index in [1.165, 1.54) is 0 Å². The number of ether oxygens (including phenoxy) is 3. The van der Waals surface area contributed by atoms with Gasteiger partial charge in [0, 0.05) is 26.8 Å². The normalized spacial score (nSPS) is 14.0. The monoisotopic (exact) mass is 292 g/mol. The summed E-state index contributed by atoms with van der Waals surface area (Å²) in [5, 5.41) is 15.3. The summed E-state index contributed by atoms with van der Waals surface area (Å²) in [4.78, 5) is 11.6. The topological polar surface area (TPSA) is 89.0 Å². The quantitative estimate of drug-likeness (QED) is 0.383. The molecule has 0 saturated heterocycles. The molecule has 120 valence electrons. The van der Waals surface area contributed by atoms with Crippen molar-refractivity contribution in [1.29, 1.82) is 0 Å². The lowest BCUT2D eigenvalue weighted by atomic mass is 10.3. The van der Waals surface area contributed by atoms with Crippen LogP contribution in [0.5, 0.6) is 0 Å². The number of rotatable bonds is 13. The molecular weight excluding hydrogens is 264 g/mol. The average molecular weight is 292 g/mol. The van der Waals surface area contributed by atoms with Crippen molar-refractivity contribution in [1.82, 2.24) is 10.6 Å². The molecule has 0 spiro atoms. The highest BCUT2D eigenvalue weighted by Gasteiger charge is 2.13. The van der Waals surface area contributed by atoms with Crippen LogP contribution in [-0.2, 0) is 19.0 Å². The van der Waals surface area contributed by atoms with Crippen LogP contribution in [-0.4, -0.2) is 76.4 Å². The zero-order chi connectivity index (χ0) is 15.2. The number of carbonyl (C=O) groups is 1. The molecule has 0 aliphatic carbocycles. The number of hydrogen-bond acceptors (Lipinski definition) is 6. The van der Waals surface area contributed by atoms with Crippen molar-refractivity contribution in [2.75, 3.05) is 53.2 Å². The minimum absolute atomic E-state index is 0.119. The molecule has 0 aromatic carbocycles. The predicted molar refractivity (Wildman–Crippen MR) is 75.7 cm³/mol. The number of carbonyl (C=O) groups excluding carboxylic acids is 1. The molecule has 0 radical (unpaired) electrons. The zero-order valence-electron chi connectivity index (χ0n) is 12.7. The van der Waals surface area contributed by atoms with Gasteiger partial charge in [0.25, 0.3) is 0 Å². The Bertz CT molecular complexity index is 241. The highest BCUT2D eigenvalue weighted by Crippen LogP contribution is 1.88. The largest absolute Gasteiger partial charge is 0.389 e. The fourth-order valence-corrected chi connectivity index (χ4v) is 1.38. The smallest absolute Gasteiger partial charge is 0.236 e. The molecule has 20 heavy (non-hydrogen) atoms. The lowest BCUT2D eigenvalue weighted by Gasteiger charge is -2.17. The van der Waals surface area contributed by atoms with Crippen molar-refractivity contribution in [3.8, 4) is 0 Å². The molecule has 0 fully saturated rings. The van der Waals surface area contributed by atoms with Gasteiger partial charge in [-0.15, -0.1) is 0 Å². The van der Waals surface area contributed by atoms with E-state index in [9.17, 15) is 9.90 Å². The standard InChI is InChI=1S/C13H28N2O5/c1-4-19-7-8-20-10-12(16)9-15-11(2)13(17)14-5-6-18-3/h11-12,15-16H,4-10H2,1-3H3,(H,14,17). The lowest BCUT2D eigenvalue weighted by Crippen LogP contribution is -2.46. The van der Waals surface area contributed by atoms with E-state index in [2.05, 4.69) is 10.6 Å². The van der Waals surface area contributed by atoms with Crippen molar-refractivity contribution < 1.29 is 24.1 Å². The van der Waals surface area contributed by atoms with Crippen LogP contribution in [0.25, 0.3) is 0 Å². The van der Waals surface area contributed by atoms with E-state index >= 15 is 0 Å². The Balaban J connectivity index is 3.56. The predicted octanol–water partition coefficient (Wildman–Crippen LogP) is -0.859. The molecular formula is C13H28N2O5. The van der Waals surface area contributed by atoms with Crippen molar-refractivity contribution in [3.05, 3.63) is 0 Å². The van der Waals surface area contributed by atoms with Crippen LogP contribution in [0.2, 0.25) is 0 Å². The van der Waals surface area contributed by atoms with Crippen molar-refractivity contribution in [2.45, 2.75) is 26.0 Å². The third kappa shape index (κ3) is 11.1. The SMILES string of the molecule is CCOCCOCC(O)CNC(C)C(=O)NCCOC. The van der Waals surface area contributed by atoms with Gasteiger partial charge >= 0.3 is 0 Å². The van der Waals surface area contributed by atoms with Crippen LogP contribution in [0, 0.1) is 0 Å². The molecule has 0 aliphatic heterocycles. The summed E-state index contributed by atoms with van der Waals surface area (Å²) in [6.07, 6.45) is -0.647. The second kappa shape index (κ2) is 13.3. The number of hydrogen-bond donors (Lipinski definition) is 3.